The van der Waals surface area contributed by atoms with Crippen LogP contribution in [0.5, 0.6) is 34.5 Å². The minimum atomic E-state index is 0.271. The van der Waals surface area contributed by atoms with Crippen LogP contribution in [0.2, 0.25) is 0 Å². The number of hydrogen-bond donors (Lipinski definition) is 0. The summed E-state index contributed by atoms with van der Waals surface area (Å²) >= 11 is 0. The first-order valence-corrected chi connectivity index (χ1v) is 39.0. The number of aryl methyl sites for hydroxylation is 3. The molecule has 0 bridgehead atoms. The molecule has 118 heavy (non-hydrogen) atoms. The first kappa shape index (κ1) is 79.3. The summed E-state index contributed by atoms with van der Waals surface area (Å²) in [7, 11) is 0. The molecule has 0 aliphatic heterocycles. The molecular weight excluding hydrogens is 1480 g/mol. The van der Waals surface area contributed by atoms with Crippen molar-refractivity contribution in [2.45, 2.75) is 80.2 Å². The fourth-order valence-electron chi connectivity index (χ4n) is 12.4. The molecule has 0 unspecified atom stereocenters. The van der Waals surface area contributed by atoms with Crippen molar-refractivity contribution in [2.24, 2.45) is 0 Å². The first-order chi connectivity index (χ1) is 58.1. The summed E-state index contributed by atoms with van der Waals surface area (Å²) in [5.74, 6) is 3.64. The van der Waals surface area contributed by atoms with Gasteiger partial charge in [0.15, 0.2) is 34.5 Å². The molecule has 0 N–H and O–H groups in total. The highest BCUT2D eigenvalue weighted by atomic mass is 16.5. The average Bonchev–Trinajstić information content (AvgIpc) is 0.864. The Morgan fingerprint density at radius 3 is 0.525 bits per heavy atom. The van der Waals surface area contributed by atoms with Crippen molar-refractivity contribution < 1.29 is 42.6 Å². The Bertz CT molecular complexity index is 5070. The zero-order valence-corrected chi connectivity index (χ0v) is 65.8. The van der Waals surface area contributed by atoms with E-state index in [9.17, 15) is 0 Å². The van der Waals surface area contributed by atoms with E-state index in [0.29, 0.717) is 114 Å². The molecule has 22 heteroatoms. The van der Waals surface area contributed by atoms with Gasteiger partial charge in [0, 0.05) is 111 Å². The minimum Gasteiger partial charge on any atom is -0.488 e. The van der Waals surface area contributed by atoms with Crippen LogP contribution in [0.3, 0.4) is 0 Å². The second-order valence-corrected chi connectivity index (χ2v) is 28.2. The molecular formula is C96H87N13O9. The van der Waals surface area contributed by atoms with Crippen LogP contribution in [-0.4, -0.2) is 104 Å². The topological polar surface area (TPSA) is 241 Å². The highest BCUT2D eigenvalue weighted by molar-refractivity contribution is 5.59. The van der Waals surface area contributed by atoms with Gasteiger partial charge in [-0.1, -0.05) is 109 Å². The number of benzene rings is 3. The van der Waals surface area contributed by atoms with Crippen LogP contribution < -0.4 is 28.4 Å². The van der Waals surface area contributed by atoms with E-state index in [-0.39, 0.29) is 19.8 Å². The predicted molar refractivity (Wildman–Crippen MR) is 450 cm³/mol. The summed E-state index contributed by atoms with van der Waals surface area (Å²) in [5.41, 5.74) is 21.2. The Hall–Kier alpha value is -13.9. The van der Waals surface area contributed by atoms with E-state index < -0.39 is 0 Å². The van der Waals surface area contributed by atoms with Crippen LogP contribution in [0.25, 0.3) is 68.3 Å². The third-order valence-electron chi connectivity index (χ3n) is 19.1. The quantitative estimate of drug-likeness (QED) is 0.0348. The maximum Gasteiger partial charge on any atom is 0.161 e. The largest absolute Gasteiger partial charge is 0.488 e. The number of para-hydroxylation sites is 6. The van der Waals surface area contributed by atoms with Gasteiger partial charge in [-0.15, -0.1) is 0 Å². The average molecular weight is 1570 g/mol. The lowest BCUT2D eigenvalue weighted by Gasteiger charge is -2.23. The van der Waals surface area contributed by atoms with Gasteiger partial charge in [-0.3, -0.25) is 64.7 Å². The number of aromatic nitrogens is 12. The van der Waals surface area contributed by atoms with Crippen molar-refractivity contribution in [1.29, 1.82) is 0 Å². The Labute approximate surface area is 685 Å². The monoisotopic (exact) mass is 1570 g/mol. The SMILES string of the molecule is Cc1ccc(-c2ccc(COCc3ccc(-c4ccc(COc5ccccc5OCCN(CCOc5ccccc5OCc5ccc(-c6ccc(COCc7ccc(-c8ccc(C)cn8)nc7)cn6)nc5)CCOc5ccccc5OCc5ccc(-c6ccc(COCc7ccc(-c8ccc(C)cn8)nc7)cn6)nc5)cn4)nc3)cn2)nc1. The van der Waals surface area contributed by atoms with Gasteiger partial charge < -0.3 is 42.6 Å². The molecule has 0 aliphatic rings. The molecule has 0 atom stereocenters. The van der Waals surface area contributed by atoms with Gasteiger partial charge in [-0.25, -0.2) is 0 Å². The highest BCUT2D eigenvalue weighted by Gasteiger charge is 2.16. The van der Waals surface area contributed by atoms with E-state index >= 15 is 0 Å². The predicted octanol–water partition coefficient (Wildman–Crippen LogP) is 18.1. The molecule has 15 rings (SSSR count). The summed E-state index contributed by atoms with van der Waals surface area (Å²) in [6.07, 6.45) is 21.9. The number of pyridine rings is 12. The maximum absolute atomic E-state index is 6.52. The van der Waals surface area contributed by atoms with E-state index in [4.69, 9.17) is 72.5 Å². The molecule has 590 valence electrons. The number of hydrogen-bond acceptors (Lipinski definition) is 22. The lowest BCUT2D eigenvalue weighted by molar-refractivity contribution is 0.107. The summed E-state index contributed by atoms with van der Waals surface area (Å²) in [6, 6.07) is 70.7. The summed E-state index contributed by atoms with van der Waals surface area (Å²) in [5, 5.41) is 0. The van der Waals surface area contributed by atoms with Crippen molar-refractivity contribution in [3.8, 4) is 103 Å². The standard InChI is InChI=1S/C96H87N13O9/c1-67-16-28-79(97-46-67)82-31-19-70(49-100-82)58-110-61-73-22-34-85(103-52-73)88-37-25-76(55-106-88)64-116-94-13-7-4-10-91(94)113-43-40-109(41-44-114-92-11-5-8-14-95(92)117-65-77-26-38-89(107-56-77)86-35-23-74(53-104-86)62-111-59-71-20-32-83(101-50-71)80-29-17-68(2)47-98-80)42-45-115-93-12-6-9-15-96(93)118-66-78-27-39-90(108-57-78)87-36-24-75(54-105-87)63-112-60-72-21-33-84(102-51-72)81-30-18-69(3)48-99-81/h4-39,46-57H,40-45,58-66H2,1-3H3. The zero-order valence-electron chi connectivity index (χ0n) is 65.8. The number of ether oxygens (including phenoxy) is 9. The van der Waals surface area contributed by atoms with Gasteiger partial charge in [-0.2, -0.15) is 0 Å². The third-order valence-corrected chi connectivity index (χ3v) is 19.1. The van der Waals surface area contributed by atoms with Gasteiger partial charge in [0.25, 0.3) is 0 Å². The first-order valence-electron chi connectivity index (χ1n) is 39.0. The molecule has 0 amide bonds. The van der Waals surface area contributed by atoms with E-state index in [0.717, 1.165) is 135 Å². The van der Waals surface area contributed by atoms with Crippen LogP contribution in [0.1, 0.15) is 66.8 Å². The Morgan fingerprint density at radius 1 is 0.186 bits per heavy atom. The summed E-state index contributed by atoms with van der Waals surface area (Å²) in [4.78, 5) is 57.8. The van der Waals surface area contributed by atoms with Crippen LogP contribution in [-0.2, 0) is 73.7 Å². The Kier molecular flexibility index (Phi) is 27.2. The van der Waals surface area contributed by atoms with Crippen LogP contribution >= 0.6 is 0 Å². The van der Waals surface area contributed by atoms with Gasteiger partial charge >= 0.3 is 0 Å². The lowest BCUT2D eigenvalue weighted by atomic mass is 10.2. The van der Waals surface area contributed by atoms with Crippen molar-refractivity contribution in [1.82, 2.24) is 64.7 Å². The van der Waals surface area contributed by atoms with Gasteiger partial charge in [0.2, 0.25) is 0 Å². The molecule has 0 spiro atoms. The Balaban J connectivity index is 0.531. The van der Waals surface area contributed by atoms with Crippen molar-refractivity contribution in [2.75, 3.05) is 39.5 Å². The second-order valence-electron chi connectivity index (χ2n) is 28.2. The van der Waals surface area contributed by atoms with Gasteiger partial charge in [0.05, 0.1) is 108 Å². The number of nitrogens with zero attached hydrogens (tertiary/aromatic N) is 13. The molecule has 3 aromatic carbocycles. The van der Waals surface area contributed by atoms with Crippen LogP contribution in [0.4, 0.5) is 0 Å². The molecule has 0 radical (unpaired) electrons. The fraction of sp³-hybridized carbons (Fsp3) is 0.188. The van der Waals surface area contributed by atoms with Gasteiger partial charge in [0.1, 0.15) is 39.6 Å². The van der Waals surface area contributed by atoms with E-state index in [2.05, 4.69) is 34.8 Å². The summed E-state index contributed by atoms with van der Waals surface area (Å²) < 4.78 is 56.8. The van der Waals surface area contributed by atoms with E-state index in [1.165, 1.54) is 0 Å². The summed E-state index contributed by atoms with van der Waals surface area (Å²) in [6.45, 7) is 11.9. The maximum atomic E-state index is 6.52. The highest BCUT2D eigenvalue weighted by Crippen LogP contribution is 2.32. The minimum absolute atomic E-state index is 0.271. The van der Waals surface area contributed by atoms with Crippen LogP contribution in [0.15, 0.2) is 293 Å². The molecule has 0 saturated heterocycles. The molecule has 0 aliphatic carbocycles. The number of rotatable bonds is 39. The normalized spacial score (nSPS) is 11.2. The second kappa shape index (κ2) is 40.4. The van der Waals surface area contributed by atoms with Crippen molar-refractivity contribution in [3.63, 3.8) is 0 Å². The van der Waals surface area contributed by atoms with Crippen molar-refractivity contribution >= 4 is 0 Å². The van der Waals surface area contributed by atoms with E-state index in [1.807, 2.05) is 314 Å². The molecule has 22 nitrogen and oxygen atoms in total. The van der Waals surface area contributed by atoms with E-state index in [1.54, 1.807) is 0 Å². The molecule has 15 aromatic rings. The molecule has 12 heterocycles. The zero-order chi connectivity index (χ0) is 80.3. The molecule has 0 fully saturated rings. The Morgan fingerprint density at radius 2 is 0.356 bits per heavy atom. The smallest absolute Gasteiger partial charge is 0.161 e. The molecule has 0 saturated carbocycles. The van der Waals surface area contributed by atoms with Crippen LogP contribution in [0, 0.1) is 20.8 Å². The third kappa shape index (κ3) is 22.8. The van der Waals surface area contributed by atoms with Gasteiger partial charge in [-0.05, 0) is 180 Å². The van der Waals surface area contributed by atoms with Crippen molar-refractivity contribution in [3.05, 3.63) is 360 Å². The fourth-order valence-corrected chi connectivity index (χ4v) is 12.4. The molecule has 12 aromatic heterocycles. The lowest BCUT2D eigenvalue weighted by Crippen LogP contribution is -2.35.